The van der Waals surface area contributed by atoms with Crippen LogP contribution in [0.5, 0.6) is 0 Å². The molecule has 0 radical (unpaired) electrons. The summed E-state index contributed by atoms with van der Waals surface area (Å²) in [6.45, 7) is 3.82. The summed E-state index contributed by atoms with van der Waals surface area (Å²) in [5.41, 5.74) is 8.52. The van der Waals surface area contributed by atoms with E-state index < -0.39 is 11.6 Å². The third kappa shape index (κ3) is 3.91. The lowest BCUT2D eigenvalue weighted by molar-refractivity contribution is 0.592. The monoisotopic (exact) mass is 442 g/mol. The number of anilines is 2. The van der Waals surface area contributed by atoms with Gasteiger partial charge in [0.05, 0.1) is 16.8 Å². The summed E-state index contributed by atoms with van der Waals surface area (Å²) in [6.07, 6.45) is 1.53. The fourth-order valence-corrected chi connectivity index (χ4v) is 4.12. The Bertz CT molecular complexity index is 1280. The Hall–Kier alpha value is -2.90. The minimum absolute atomic E-state index is 0.122. The molecule has 0 aliphatic rings. The largest absolute Gasteiger partial charge is 0.368 e. The van der Waals surface area contributed by atoms with Crippen LogP contribution >= 0.6 is 23.5 Å². The van der Waals surface area contributed by atoms with E-state index in [2.05, 4.69) is 14.7 Å². The Labute approximate surface area is 181 Å². The van der Waals surface area contributed by atoms with Gasteiger partial charge in [-0.3, -0.25) is 0 Å². The number of rotatable bonds is 4. The first-order valence-corrected chi connectivity index (χ1v) is 10.2. The Morgan fingerprint density at radius 3 is 2.63 bits per heavy atom. The fraction of sp³-hybridized carbons (Fsp3) is 0.0909. The molecule has 0 amide bonds. The van der Waals surface area contributed by atoms with E-state index in [0.717, 1.165) is 16.0 Å². The summed E-state index contributed by atoms with van der Waals surface area (Å²) < 4.78 is 32.8. The molecule has 3 N–H and O–H groups in total. The first-order chi connectivity index (χ1) is 14.3. The molecule has 4 aromatic rings. The van der Waals surface area contributed by atoms with Gasteiger partial charge in [-0.1, -0.05) is 17.7 Å². The molecule has 3 aromatic carbocycles. The number of nitrogens with zero attached hydrogens (tertiary/aromatic N) is 2. The third-order valence-electron chi connectivity index (χ3n) is 4.71. The number of benzene rings is 3. The summed E-state index contributed by atoms with van der Waals surface area (Å²) in [7, 11) is 0. The predicted molar refractivity (Wildman–Crippen MR) is 120 cm³/mol. The van der Waals surface area contributed by atoms with E-state index in [1.807, 2.05) is 26.0 Å². The standard InChI is InChI=1S/C22H17ClF2N4S/c1-11-8-19(12(2)7-15(11)23)30-29-18-6-4-16(24)20(21(18)25)13-3-5-17-14(9-13)10-27-22(26)28-17/h3-10,29H,1-2H3,(H2,26,27,28). The van der Waals surface area contributed by atoms with Crippen molar-refractivity contribution in [3.05, 3.63) is 76.4 Å². The SMILES string of the molecule is Cc1cc(SNc2ccc(F)c(-c3ccc4nc(N)ncc4c3)c2F)c(C)cc1Cl. The van der Waals surface area contributed by atoms with Crippen LogP contribution < -0.4 is 10.5 Å². The van der Waals surface area contributed by atoms with Crippen LogP contribution in [0, 0.1) is 25.5 Å². The summed E-state index contributed by atoms with van der Waals surface area (Å²) in [5, 5.41) is 1.31. The predicted octanol–water partition coefficient (Wildman–Crippen LogP) is 6.55. The Balaban J connectivity index is 1.69. The van der Waals surface area contributed by atoms with Crippen molar-refractivity contribution in [3.63, 3.8) is 0 Å². The van der Waals surface area contributed by atoms with E-state index in [0.29, 0.717) is 21.5 Å². The van der Waals surface area contributed by atoms with E-state index in [-0.39, 0.29) is 17.2 Å². The van der Waals surface area contributed by atoms with Gasteiger partial charge >= 0.3 is 0 Å². The van der Waals surface area contributed by atoms with Crippen molar-refractivity contribution in [2.24, 2.45) is 0 Å². The van der Waals surface area contributed by atoms with Gasteiger partial charge in [0.1, 0.15) is 5.82 Å². The molecule has 4 rings (SSSR count). The second kappa shape index (κ2) is 8.08. The van der Waals surface area contributed by atoms with Crippen LogP contribution in [0.3, 0.4) is 0 Å². The molecule has 0 spiro atoms. The maximum atomic E-state index is 15.2. The molecular weight excluding hydrogens is 426 g/mol. The first-order valence-electron chi connectivity index (χ1n) is 9.03. The fourth-order valence-electron chi connectivity index (χ4n) is 3.07. The van der Waals surface area contributed by atoms with Crippen molar-refractivity contribution < 1.29 is 8.78 Å². The van der Waals surface area contributed by atoms with Gasteiger partial charge in [-0.05, 0) is 78.9 Å². The van der Waals surface area contributed by atoms with Crippen LogP contribution in [0.15, 0.2) is 53.6 Å². The lowest BCUT2D eigenvalue weighted by Gasteiger charge is -2.13. The Morgan fingerprint density at radius 2 is 1.83 bits per heavy atom. The van der Waals surface area contributed by atoms with Crippen LogP contribution in [0.4, 0.5) is 20.4 Å². The average molecular weight is 443 g/mol. The third-order valence-corrected chi connectivity index (χ3v) is 6.09. The zero-order valence-electron chi connectivity index (χ0n) is 16.1. The van der Waals surface area contributed by atoms with Crippen LogP contribution in [0.1, 0.15) is 11.1 Å². The number of fused-ring (bicyclic) bond motifs is 1. The lowest BCUT2D eigenvalue weighted by Crippen LogP contribution is -1.98. The molecule has 0 unspecified atom stereocenters. The molecule has 0 atom stereocenters. The van der Waals surface area contributed by atoms with Crippen molar-refractivity contribution >= 4 is 46.1 Å². The van der Waals surface area contributed by atoms with Gasteiger partial charge in [0, 0.05) is 21.5 Å². The van der Waals surface area contributed by atoms with Gasteiger partial charge in [0.2, 0.25) is 5.95 Å². The summed E-state index contributed by atoms with van der Waals surface area (Å²) in [5.74, 6) is -1.19. The van der Waals surface area contributed by atoms with Crippen molar-refractivity contribution in [1.82, 2.24) is 9.97 Å². The average Bonchev–Trinajstić information content (AvgIpc) is 2.71. The lowest BCUT2D eigenvalue weighted by atomic mass is 10.0. The van der Waals surface area contributed by atoms with E-state index in [9.17, 15) is 4.39 Å². The van der Waals surface area contributed by atoms with E-state index >= 15 is 4.39 Å². The number of nitrogens with one attached hydrogen (secondary N) is 1. The molecule has 0 aliphatic carbocycles. The minimum atomic E-state index is -0.679. The highest BCUT2D eigenvalue weighted by atomic mass is 35.5. The normalized spacial score (nSPS) is 11.1. The van der Waals surface area contributed by atoms with Crippen LogP contribution in [0.2, 0.25) is 5.02 Å². The van der Waals surface area contributed by atoms with Crippen molar-refractivity contribution in [2.45, 2.75) is 18.7 Å². The number of aromatic nitrogens is 2. The summed E-state index contributed by atoms with van der Waals surface area (Å²) in [6, 6.07) is 11.3. The molecule has 8 heteroatoms. The van der Waals surface area contributed by atoms with Gasteiger partial charge in [-0.15, -0.1) is 0 Å². The van der Waals surface area contributed by atoms with Crippen molar-refractivity contribution in [2.75, 3.05) is 10.5 Å². The van der Waals surface area contributed by atoms with E-state index in [1.165, 1.54) is 30.3 Å². The second-order valence-corrected chi connectivity index (χ2v) is 8.11. The number of halogens is 3. The number of hydrogen-bond acceptors (Lipinski definition) is 5. The summed E-state index contributed by atoms with van der Waals surface area (Å²) in [4.78, 5) is 8.96. The van der Waals surface area contributed by atoms with Crippen molar-refractivity contribution in [3.8, 4) is 11.1 Å². The summed E-state index contributed by atoms with van der Waals surface area (Å²) >= 11 is 7.38. The van der Waals surface area contributed by atoms with Gasteiger partial charge in [-0.2, -0.15) is 0 Å². The highest BCUT2D eigenvalue weighted by Crippen LogP contribution is 2.35. The highest BCUT2D eigenvalue weighted by molar-refractivity contribution is 8.00. The van der Waals surface area contributed by atoms with Crippen LogP contribution in [-0.4, -0.2) is 9.97 Å². The number of nitrogen functional groups attached to an aromatic ring is 1. The van der Waals surface area contributed by atoms with E-state index in [1.54, 1.807) is 18.2 Å². The van der Waals surface area contributed by atoms with Gasteiger partial charge in [0.25, 0.3) is 0 Å². The highest BCUT2D eigenvalue weighted by Gasteiger charge is 2.17. The molecule has 1 aromatic heterocycles. The number of nitrogens with two attached hydrogens (primary N) is 1. The zero-order chi connectivity index (χ0) is 21.4. The molecule has 4 nitrogen and oxygen atoms in total. The molecule has 1 heterocycles. The molecule has 30 heavy (non-hydrogen) atoms. The minimum Gasteiger partial charge on any atom is -0.368 e. The van der Waals surface area contributed by atoms with Gasteiger partial charge in [-0.25, -0.2) is 18.7 Å². The van der Waals surface area contributed by atoms with Gasteiger partial charge in [0.15, 0.2) is 5.82 Å². The molecule has 152 valence electrons. The maximum Gasteiger partial charge on any atom is 0.220 e. The van der Waals surface area contributed by atoms with Gasteiger partial charge < -0.3 is 10.5 Å². The maximum absolute atomic E-state index is 15.2. The topological polar surface area (TPSA) is 63.8 Å². The van der Waals surface area contributed by atoms with Crippen LogP contribution in [-0.2, 0) is 0 Å². The van der Waals surface area contributed by atoms with E-state index in [4.69, 9.17) is 17.3 Å². The smallest absolute Gasteiger partial charge is 0.220 e. The quantitative estimate of drug-likeness (QED) is 0.351. The number of hydrogen-bond donors (Lipinski definition) is 2. The first kappa shape index (κ1) is 20.4. The number of aryl methyl sites for hydroxylation is 2. The Kier molecular flexibility index (Phi) is 5.49. The molecule has 0 fully saturated rings. The molecular formula is C22H17ClF2N4S. The molecule has 0 saturated carbocycles. The molecule has 0 aliphatic heterocycles. The van der Waals surface area contributed by atoms with Crippen LogP contribution in [0.25, 0.3) is 22.0 Å². The second-order valence-electron chi connectivity index (χ2n) is 6.86. The molecule has 0 bridgehead atoms. The Morgan fingerprint density at radius 1 is 1.03 bits per heavy atom. The van der Waals surface area contributed by atoms with Crippen molar-refractivity contribution in [1.29, 1.82) is 0 Å². The molecule has 0 saturated heterocycles. The zero-order valence-corrected chi connectivity index (χ0v) is 17.7.